The Balaban J connectivity index is 1.61. The van der Waals surface area contributed by atoms with E-state index in [1.54, 1.807) is 0 Å². The molecule has 2 aliphatic rings. The molecule has 0 aromatic carbocycles. The Kier molecular flexibility index (Phi) is 2.85. The molecule has 1 atom stereocenters. The number of rotatable bonds is 3. The van der Waals surface area contributed by atoms with E-state index < -0.39 is 6.09 Å². The zero-order valence-corrected chi connectivity index (χ0v) is 7.90. The van der Waals surface area contributed by atoms with Gasteiger partial charge in [-0.1, -0.05) is 0 Å². The van der Waals surface area contributed by atoms with Crippen molar-refractivity contribution in [3.05, 3.63) is 0 Å². The first-order valence-corrected chi connectivity index (χ1v) is 4.82. The number of nitrogens with zero attached hydrogens (tertiary/aromatic N) is 1. The topological polar surface area (TPSA) is 73.8 Å². The van der Waals surface area contributed by atoms with Crippen LogP contribution in [0.3, 0.4) is 0 Å². The van der Waals surface area contributed by atoms with Gasteiger partial charge in [-0.25, -0.2) is 10.2 Å². The third-order valence-electron chi connectivity index (χ3n) is 2.72. The maximum absolute atomic E-state index is 10.2. The highest BCUT2D eigenvalue weighted by atomic mass is 16.5. The van der Waals surface area contributed by atoms with Crippen LogP contribution in [-0.2, 0) is 4.74 Å². The average molecular weight is 201 g/mol. The summed E-state index contributed by atoms with van der Waals surface area (Å²) in [6.07, 6.45) is 0.0617. The number of likely N-dealkylation sites (tertiary alicyclic amines) is 1. The molecule has 2 saturated heterocycles. The molecule has 0 aliphatic carbocycles. The van der Waals surface area contributed by atoms with Gasteiger partial charge in [0.2, 0.25) is 0 Å². The van der Waals surface area contributed by atoms with Crippen LogP contribution >= 0.6 is 0 Å². The lowest BCUT2D eigenvalue weighted by Crippen LogP contribution is -2.64. The molecule has 1 amide bonds. The van der Waals surface area contributed by atoms with Crippen LogP contribution in [0.15, 0.2) is 0 Å². The van der Waals surface area contributed by atoms with Crippen molar-refractivity contribution in [1.82, 2.24) is 15.8 Å². The molecule has 6 heteroatoms. The normalized spacial score (nSPS) is 28.7. The number of carboxylic acid groups (broad SMARTS) is 1. The van der Waals surface area contributed by atoms with Crippen LogP contribution in [0.1, 0.15) is 6.42 Å². The fourth-order valence-electron chi connectivity index (χ4n) is 1.88. The number of amides is 1. The van der Waals surface area contributed by atoms with Crippen molar-refractivity contribution in [1.29, 1.82) is 0 Å². The van der Waals surface area contributed by atoms with Gasteiger partial charge in [0.05, 0.1) is 12.6 Å². The highest BCUT2D eigenvalue weighted by Crippen LogP contribution is 2.18. The van der Waals surface area contributed by atoms with Crippen molar-refractivity contribution in [2.24, 2.45) is 0 Å². The van der Waals surface area contributed by atoms with Gasteiger partial charge in [0.1, 0.15) is 0 Å². The molecule has 0 aromatic heterocycles. The minimum Gasteiger partial charge on any atom is -0.464 e. The fourth-order valence-corrected chi connectivity index (χ4v) is 1.88. The van der Waals surface area contributed by atoms with Crippen molar-refractivity contribution >= 4 is 6.09 Å². The van der Waals surface area contributed by atoms with E-state index in [-0.39, 0.29) is 6.04 Å². The predicted octanol–water partition coefficient (Wildman–Crippen LogP) is -0.768. The molecule has 2 fully saturated rings. The lowest BCUT2D eigenvalue weighted by Gasteiger charge is -2.42. The van der Waals surface area contributed by atoms with Gasteiger partial charge in [0.15, 0.2) is 0 Å². The second kappa shape index (κ2) is 4.12. The van der Waals surface area contributed by atoms with Gasteiger partial charge in [-0.2, -0.15) is 0 Å². The second-order valence-corrected chi connectivity index (χ2v) is 3.74. The van der Waals surface area contributed by atoms with Crippen LogP contribution in [0.2, 0.25) is 0 Å². The number of nitrogens with one attached hydrogen (secondary N) is 2. The lowest BCUT2D eigenvalue weighted by atomic mass is 10.1. The summed E-state index contributed by atoms with van der Waals surface area (Å²) >= 11 is 0. The zero-order valence-electron chi connectivity index (χ0n) is 7.90. The first-order chi connectivity index (χ1) is 6.75. The van der Waals surface area contributed by atoms with Gasteiger partial charge in [-0.3, -0.25) is 10.3 Å². The van der Waals surface area contributed by atoms with Gasteiger partial charge in [0.25, 0.3) is 0 Å². The van der Waals surface area contributed by atoms with Crippen LogP contribution in [0.25, 0.3) is 0 Å². The molecule has 0 aromatic rings. The minimum absolute atomic E-state index is 0.242. The third-order valence-corrected chi connectivity index (χ3v) is 2.72. The van der Waals surface area contributed by atoms with Gasteiger partial charge in [0, 0.05) is 25.7 Å². The van der Waals surface area contributed by atoms with Gasteiger partial charge in [-0.05, 0) is 6.42 Å². The summed E-state index contributed by atoms with van der Waals surface area (Å²) in [6, 6.07) is 0.782. The van der Waals surface area contributed by atoms with Crippen LogP contribution in [0.4, 0.5) is 4.79 Å². The van der Waals surface area contributed by atoms with Crippen molar-refractivity contribution in [2.75, 3.05) is 26.3 Å². The maximum atomic E-state index is 10.2. The van der Waals surface area contributed by atoms with Crippen molar-refractivity contribution in [3.63, 3.8) is 0 Å². The standard InChI is InChI=1S/C8H15N3O3/c12-8(13)10-9-6-3-11(4-6)7-1-2-14-5-7/h6-7,9-10H,1-5H2,(H,12,13). The van der Waals surface area contributed by atoms with Crippen LogP contribution in [0, 0.1) is 0 Å². The molecule has 0 radical (unpaired) electrons. The van der Waals surface area contributed by atoms with E-state index in [2.05, 4.69) is 15.8 Å². The van der Waals surface area contributed by atoms with Crippen LogP contribution < -0.4 is 10.9 Å². The molecule has 0 saturated carbocycles. The Morgan fingerprint density at radius 3 is 2.86 bits per heavy atom. The molecule has 3 N–H and O–H groups in total. The monoisotopic (exact) mass is 201 g/mol. The molecule has 1 unspecified atom stereocenters. The Morgan fingerprint density at radius 2 is 2.29 bits per heavy atom. The first-order valence-electron chi connectivity index (χ1n) is 4.82. The second-order valence-electron chi connectivity index (χ2n) is 3.74. The Hall–Kier alpha value is -0.850. The molecule has 80 valence electrons. The summed E-state index contributed by atoms with van der Waals surface area (Å²) in [5.74, 6) is 0. The summed E-state index contributed by atoms with van der Waals surface area (Å²) in [7, 11) is 0. The van der Waals surface area contributed by atoms with Crippen LogP contribution in [-0.4, -0.2) is 54.5 Å². The molecular formula is C8H15N3O3. The maximum Gasteiger partial charge on any atom is 0.419 e. The number of carbonyl (C=O) groups is 1. The number of ether oxygens (including phenoxy) is 1. The Bertz CT molecular complexity index is 212. The largest absolute Gasteiger partial charge is 0.464 e. The molecule has 0 bridgehead atoms. The molecule has 2 aliphatic heterocycles. The number of hydrogen-bond donors (Lipinski definition) is 3. The summed E-state index contributed by atoms with van der Waals surface area (Å²) in [5, 5.41) is 8.35. The molecule has 2 heterocycles. The van der Waals surface area contributed by atoms with E-state index in [9.17, 15) is 4.79 Å². The van der Waals surface area contributed by atoms with E-state index >= 15 is 0 Å². The predicted molar refractivity (Wildman–Crippen MR) is 48.9 cm³/mol. The highest BCUT2D eigenvalue weighted by molar-refractivity contribution is 5.63. The highest BCUT2D eigenvalue weighted by Gasteiger charge is 2.34. The first kappa shape index (κ1) is 9.70. The smallest absolute Gasteiger partial charge is 0.419 e. The molecule has 14 heavy (non-hydrogen) atoms. The van der Waals surface area contributed by atoms with Gasteiger partial charge < -0.3 is 9.84 Å². The van der Waals surface area contributed by atoms with E-state index in [1.807, 2.05) is 0 Å². The van der Waals surface area contributed by atoms with Gasteiger partial charge in [-0.15, -0.1) is 0 Å². The Labute approximate surface area is 82.2 Å². The zero-order chi connectivity index (χ0) is 9.97. The van der Waals surface area contributed by atoms with Crippen LogP contribution in [0.5, 0.6) is 0 Å². The fraction of sp³-hybridized carbons (Fsp3) is 0.875. The molecule has 0 spiro atoms. The van der Waals surface area contributed by atoms with Crippen molar-refractivity contribution in [3.8, 4) is 0 Å². The van der Waals surface area contributed by atoms with Crippen molar-refractivity contribution < 1.29 is 14.6 Å². The molecular weight excluding hydrogens is 186 g/mol. The Morgan fingerprint density at radius 1 is 1.50 bits per heavy atom. The van der Waals surface area contributed by atoms with E-state index in [0.29, 0.717) is 6.04 Å². The number of hydrazine groups is 1. The lowest BCUT2D eigenvalue weighted by molar-refractivity contribution is 0.0588. The SMILES string of the molecule is O=C(O)NNC1CN(C2CCOC2)C1. The third kappa shape index (κ3) is 2.14. The van der Waals surface area contributed by atoms with Gasteiger partial charge >= 0.3 is 6.09 Å². The summed E-state index contributed by atoms with van der Waals surface area (Å²) in [4.78, 5) is 12.5. The number of hydrogen-bond acceptors (Lipinski definition) is 4. The quantitative estimate of drug-likeness (QED) is 0.523. The minimum atomic E-state index is -1.03. The molecule has 6 nitrogen and oxygen atoms in total. The summed E-state index contributed by atoms with van der Waals surface area (Å²) in [6.45, 7) is 3.47. The average Bonchev–Trinajstić information content (AvgIpc) is 2.53. The summed E-state index contributed by atoms with van der Waals surface area (Å²) < 4.78 is 5.28. The van der Waals surface area contributed by atoms with E-state index in [0.717, 1.165) is 32.7 Å². The molecule has 2 rings (SSSR count). The van der Waals surface area contributed by atoms with E-state index in [1.165, 1.54) is 0 Å². The van der Waals surface area contributed by atoms with E-state index in [4.69, 9.17) is 9.84 Å². The van der Waals surface area contributed by atoms with Crippen molar-refractivity contribution in [2.45, 2.75) is 18.5 Å². The summed E-state index contributed by atoms with van der Waals surface area (Å²) in [5.41, 5.74) is 4.91.